The van der Waals surface area contributed by atoms with Crippen molar-refractivity contribution in [1.29, 1.82) is 0 Å². The molecule has 5 nitrogen and oxygen atoms in total. The molecule has 0 fully saturated rings. The molecule has 74 valence electrons. The van der Waals surface area contributed by atoms with Gasteiger partial charge in [0.25, 0.3) is 0 Å². The van der Waals surface area contributed by atoms with Crippen molar-refractivity contribution in [3.8, 4) is 0 Å². The van der Waals surface area contributed by atoms with Crippen molar-refractivity contribution in [2.24, 2.45) is 0 Å². The van der Waals surface area contributed by atoms with E-state index in [-0.39, 0.29) is 12.3 Å². The highest BCUT2D eigenvalue weighted by Crippen LogP contribution is 2.04. The van der Waals surface area contributed by atoms with Crippen molar-refractivity contribution in [2.75, 3.05) is 19.3 Å². The molecule has 7 heteroatoms. The average molecular weight is 214 g/mol. The summed E-state index contributed by atoms with van der Waals surface area (Å²) in [5, 5.41) is 2.52. The molecule has 0 aliphatic heterocycles. The fourth-order valence-electron chi connectivity index (χ4n) is 0.667. The molecule has 0 rings (SSSR count). The molecule has 0 spiro atoms. The van der Waals surface area contributed by atoms with Gasteiger partial charge in [-0.15, -0.1) is 0 Å². The summed E-state index contributed by atoms with van der Waals surface area (Å²) >= 11 is -2.57. The molecule has 12 heavy (non-hydrogen) atoms. The summed E-state index contributed by atoms with van der Waals surface area (Å²) in [4.78, 5) is 0. The second kappa shape index (κ2) is 4.90. The topological polar surface area (TPSA) is 86.3 Å². The van der Waals surface area contributed by atoms with Gasteiger partial charge in [0.05, 0.1) is 0 Å². The van der Waals surface area contributed by atoms with Crippen molar-refractivity contribution in [3.05, 3.63) is 0 Å². The van der Waals surface area contributed by atoms with Crippen LogP contribution in [-0.4, -0.2) is 41.1 Å². The van der Waals surface area contributed by atoms with Gasteiger partial charge in [0.15, 0.2) is 9.84 Å². The summed E-state index contributed by atoms with van der Waals surface area (Å²) in [5.74, 6) is -0.159. The first-order valence-corrected chi connectivity index (χ1v) is 6.25. The Morgan fingerprint density at radius 2 is 2.08 bits per heavy atom. The summed E-state index contributed by atoms with van der Waals surface area (Å²) in [7, 11) is -1.99. The summed E-state index contributed by atoms with van der Waals surface area (Å²) < 4.78 is 41.8. The number of nitrogens with one attached hydrogen (secondary N) is 1. The van der Waals surface area contributed by atoms with Crippen molar-refractivity contribution >= 4 is 20.9 Å². The minimum absolute atomic E-state index is 0.0632. The van der Waals surface area contributed by atoms with E-state index in [1.165, 1.54) is 14.0 Å². The molecule has 1 N–H and O–H groups in total. The normalized spacial score (nSPS) is 17.2. The van der Waals surface area contributed by atoms with Crippen LogP contribution in [0.15, 0.2) is 0 Å². The van der Waals surface area contributed by atoms with Gasteiger partial charge in [-0.2, -0.15) is 0 Å². The van der Waals surface area contributed by atoms with E-state index in [0.717, 1.165) is 0 Å². The molecule has 0 saturated heterocycles. The molecule has 0 amide bonds. The van der Waals surface area contributed by atoms with Crippen LogP contribution in [0.1, 0.15) is 6.92 Å². The van der Waals surface area contributed by atoms with E-state index in [1.807, 2.05) is 0 Å². The van der Waals surface area contributed by atoms with Crippen LogP contribution in [0.2, 0.25) is 0 Å². The van der Waals surface area contributed by atoms with Gasteiger partial charge >= 0.3 is 0 Å². The zero-order valence-corrected chi connectivity index (χ0v) is 8.57. The molecular formula is C5H12NO4S2-. The Hall–Kier alpha value is 0.0200. The fourth-order valence-corrected chi connectivity index (χ4v) is 3.13. The van der Waals surface area contributed by atoms with Crippen LogP contribution in [-0.2, 0) is 20.9 Å². The van der Waals surface area contributed by atoms with Gasteiger partial charge in [0.2, 0.25) is 0 Å². The minimum atomic E-state index is -3.50. The third-order valence-electron chi connectivity index (χ3n) is 1.39. The monoisotopic (exact) mass is 214 g/mol. The highest BCUT2D eigenvalue weighted by Gasteiger charge is 2.23. The van der Waals surface area contributed by atoms with Crippen molar-refractivity contribution < 1.29 is 17.2 Å². The van der Waals surface area contributed by atoms with E-state index in [2.05, 4.69) is 5.32 Å². The van der Waals surface area contributed by atoms with E-state index >= 15 is 0 Å². The molecule has 2 unspecified atom stereocenters. The number of sulfone groups is 1. The van der Waals surface area contributed by atoms with E-state index in [0.29, 0.717) is 0 Å². The molecular weight excluding hydrogens is 202 g/mol. The Bertz CT molecular complexity index is 248. The number of hydrogen-bond acceptors (Lipinski definition) is 5. The van der Waals surface area contributed by atoms with Gasteiger partial charge in [-0.25, -0.2) is 8.42 Å². The highest BCUT2D eigenvalue weighted by atomic mass is 32.3. The number of rotatable bonds is 5. The van der Waals surface area contributed by atoms with Crippen LogP contribution in [0, 0.1) is 0 Å². The van der Waals surface area contributed by atoms with Gasteiger partial charge < -0.3 is 9.87 Å². The highest BCUT2D eigenvalue weighted by molar-refractivity contribution is 8.04. The minimum Gasteiger partial charge on any atom is -0.771 e. The van der Waals surface area contributed by atoms with E-state index < -0.39 is 25.5 Å². The third kappa shape index (κ3) is 3.18. The molecule has 0 heterocycles. The third-order valence-corrected chi connectivity index (χ3v) is 5.11. The molecule has 0 aliphatic rings. The molecule has 0 aliphatic carbocycles. The van der Waals surface area contributed by atoms with E-state index in [1.54, 1.807) is 0 Å². The summed E-state index contributed by atoms with van der Waals surface area (Å²) in [6, 6.07) is 0. The quantitative estimate of drug-likeness (QED) is 0.584. The first-order chi connectivity index (χ1) is 5.45. The largest absolute Gasteiger partial charge is 0.771 e. The zero-order valence-electron chi connectivity index (χ0n) is 6.94. The van der Waals surface area contributed by atoms with Gasteiger partial charge in [-0.3, -0.25) is 4.21 Å². The standard InChI is InChI=1S/C5H13NO4S2/c1-3-12(9,10)5(4-6-2)11(7)8/h5-6H,3-4H2,1-2H3,(H,7,8)/p-1. The molecule has 0 saturated carbocycles. The Labute approximate surface area is 74.8 Å². The average Bonchev–Trinajstić information content (AvgIpc) is 1.99. The van der Waals surface area contributed by atoms with Gasteiger partial charge in [0.1, 0.15) is 4.58 Å². The van der Waals surface area contributed by atoms with Gasteiger partial charge in [-0.1, -0.05) is 6.92 Å². The van der Waals surface area contributed by atoms with Crippen LogP contribution in [0.25, 0.3) is 0 Å². The summed E-state index contributed by atoms with van der Waals surface area (Å²) in [5.41, 5.74) is 0. The smallest absolute Gasteiger partial charge is 0.164 e. The Balaban J connectivity index is 4.63. The summed E-state index contributed by atoms with van der Waals surface area (Å²) in [6.45, 7) is 1.36. The molecule has 0 aromatic rings. The van der Waals surface area contributed by atoms with Crippen LogP contribution in [0.4, 0.5) is 0 Å². The lowest BCUT2D eigenvalue weighted by molar-refractivity contribution is 0.525. The van der Waals surface area contributed by atoms with Crippen LogP contribution in [0.5, 0.6) is 0 Å². The van der Waals surface area contributed by atoms with E-state index in [9.17, 15) is 17.2 Å². The van der Waals surface area contributed by atoms with Crippen LogP contribution in [0.3, 0.4) is 0 Å². The lowest BCUT2D eigenvalue weighted by Crippen LogP contribution is -2.36. The van der Waals surface area contributed by atoms with E-state index in [4.69, 9.17) is 0 Å². The second-order valence-corrected chi connectivity index (χ2v) is 6.06. The first-order valence-electron chi connectivity index (χ1n) is 3.40. The lowest BCUT2D eigenvalue weighted by atomic mass is 10.7. The molecule has 2 atom stereocenters. The maximum atomic E-state index is 11.1. The SMILES string of the molecule is CCS(=O)(=O)C(CNC)S(=O)[O-]. The summed E-state index contributed by atoms with van der Waals surface area (Å²) in [6.07, 6.45) is 0. The number of hydrogen-bond donors (Lipinski definition) is 1. The Morgan fingerprint density at radius 3 is 2.33 bits per heavy atom. The predicted molar refractivity (Wildman–Crippen MR) is 46.1 cm³/mol. The molecule has 0 radical (unpaired) electrons. The Morgan fingerprint density at radius 1 is 1.58 bits per heavy atom. The maximum absolute atomic E-state index is 11.1. The van der Waals surface area contributed by atoms with Crippen molar-refractivity contribution in [3.63, 3.8) is 0 Å². The van der Waals surface area contributed by atoms with Gasteiger partial charge in [-0.05, 0) is 18.1 Å². The maximum Gasteiger partial charge on any atom is 0.164 e. The first kappa shape index (κ1) is 12.0. The lowest BCUT2D eigenvalue weighted by Gasteiger charge is -2.18. The van der Waals surface area contributed by atoms with Crippen LogP contribution >= 0.6 is 0 Å². The Kier molecular flexibility index (Phi) is 4.91. The molecule has 0 bridgehead atoms. The van der Waals surface area contributed by atoms with Gasteiger partial charge in [0, 0.05) is 12.3 Å². The molecule has 0 aromatic heterocycles. The fraction of sp³-hybridized carbons (Fsp3) is 1.00. The predicted octanol–water partition coefficient (Wildman–Crippen LogP) is -1.15. The zero-order chi connectivity index (χ0) is 9.78. The van der Waals surface area contributed by atoms with Crippen molar-refractivity contribution in [1.82, 2.24) is 5.32 Å². The second-order valence-electron chi connectivity index (χ2n) is 2.20. The van der Waals surface area contributed by atoms with Crippen molar-refractivity contribution in [2.45, 2.75) is 11.5 Å². The molecule has 0 aromatic carbocycles. The van der Waals surface area contributed by atoms with Crippen LogP contribution < -0.4 is 5.32 Å².